The second kappa shape index (κ2) is 7.43. The molecule has 0 aliphatic heterocycles. The smallest absolute Gasteiger partial charge is 0.248 e. The quantitative estimate of drug-likeness (QED) is 0.738. The molecule has 3 aromatic rings. The van der Waals surface area contributed by atoms with Gasteiger partial charge in [-0.05, 0) is 17.3 Å². The first-order chi connectivity index (χ1) is 12.2. The molecule has 0 unspecified atom stereocenters. The van der Waals surface area contributed by atoms with Crippen molar-refractivity contribution in [2.45, 2.75) is 6.54 Å². The summed E-state index contributed by atoms with van der Waals surface area (Å²) in [6, 6.07) is 14.6. The lowest BCUT2D eigenvalue weighted by molar-refractivity contribution is -0.117. The fourth-order valence-corrected chi connectivity index (χ4v) is 2.23. The van der Waals surface area contributed by atoms with Crippen LogP contribution < -0.4 is 14.8 Å². The Morgan fingerprint density at radius 2 is 1.92 bits per heavy atom. The minimum atomic E-state index is -0.291. The summed E-state index contributed by atoms with van der Waals surface area (Å²) in [6.07, 6.45) is 0. The third kappa shape index (κ3) is 3.92. The third-order valence-electron chi connectivity index (χ3n) is 3.45. The molecule has 0 aliphatic rings. The number of amides is 1. The van der Waals surface area contributed by atoms with Crippen molar-refractivity contribution in [3.8, 4) is 22.9 Å². The number of rotatable bonds is 6. The van der Waals surface area contributed by atoms with Crippen LogP contribution >= 0.6 is 0 Å². The molecule has 0 saturated heterocycles. The molecule has 8 nitrogen and oxygen atoms in total. The second-order valence-corrected chi connectivity index (χ2v) is 5.12. The van der Waals surface area contributed by atoms with E-state index in [-0.39, 0.29) is 12.5 Å². The molecule has 1 aromatic heterocycles. The average molecular weight is 339 g/mol. The fraction of sp³-hybridized carbons (Fsp3) is 0.176. The Bertz CT molecular complexity index is 864. The van der Waals surface area contributed by atoms with Gasteiger partial charge in [0.15, 0.2) is 0 Å². The SMILES string of the molecule is COc1ccc(NC(=O)Cn2nnc(-c3ccccc3)n2)c(OC)c1. The first-order valence-corrected chi connectivity index (χ1v) is 7.54. The minimum absolute atomic E-state index is 0.0605. The summed E-state index contributed by atoms with van der Waals surface area (Å²) in [7, 11) is 3.09. The summed E-state index contributed by atoms with van der Waals surface area (Å²) in [5.41, 5.74) is 1.38. The van der Waals surface area contributed by atoms with Crippen LogP contribution in [-0.4, -0.2) is 40.3 Å². The van der Waals surface area contributed by atoms with Crippen LogP contribution in [0.5, 0.6) is 11.5 Å². The zero-order valence-electron chi connectivity index (χ0n) is 13.8. The maximum atomic E-state index is 12.2. The van der Waals surface area contributed by atoms with Gasteiger partial charge in [-0.2, -0.15) is 4.80 Å². The number of tetrazole rings is 1. The van der Waals surface area contributed by atoms with E-state index in [0.29, 0.717) is 23.0 Å². The van der Waals surface area contributed by atoms with Crippen LogP contribution in [0.2, 0.25) is 0 Å². The number of carbonyl (C=O) groups excluding carboxylic acids is 1. The van der Waals surface area contributed by atoms with Crippen molar-refractivity contribution < 1.29 is 14.3 Å². The lowest BCUT2D eigenvalue weighted by atomic mass is 10.2. The van der Waals surface area contributed by atoms with Gasteiger partial charge in [0, 0.05) is 11.6 Å². The van der Waals surface area contributed by atoms with E-state index in [0.717, 1.165) is 5.56 Å². The van der Waals surface area contributed by atoms with Gasteiger partial charge >= 0.3 is 0 Å². The molecular formula is C17H17N5O3. The van der Waals surface area contributed by atoms with Crippen molar-refractivity contribution in [3.63, 3.8) is 0 Å². The predicted octanol–water partition coefficient (Wildman–Crippen LogP) is 2.00. The lowest BCUT2D eigenvalue weighted by Crippen LogP contribution is -2.20. The summed E-state index contributed by atoms with van der Waals surface area (Å²) >= 11 is 0. The number of methoxy groups -OCH3 is 2. The fourth-order valence-electron chi connectivity index (χ4n) is 2.23. The summed E-state index contributed by atoms with van der Waals surface area (Å²) in [6.45, 7) is -0.0605. The van der Waals surface area contributed by atoms with Gasteiger partial charge in [0.1, 0.15) is 18.0 Å². The van der Waals surface area contributed by atoms with Gasteiger partial charge in [0.2, 0.25) is 11.7 Å². The van der Waals surface area contributed by atoms with Gasteiger partial charge in [0.25, 0.3) is 0 Å². The number of hydrogen-bond acceptors (Lipinski definition) is 6. The van der Waals surface area contributed by atoms with Crippen LogP contribution in [0.4, 0.5) is 5.69 Å². The van der Waals surface area contributed by atoms with Crippen LogP contribution in [0, 0.1) is 0 Å². The van der Waals surface area contributed by atoms with Gasteiger partial charge in [-0.25, -0.2) is 0 Å². The molecule has 0 bridgehead atoms. The molecule has 0 radical (unpaired) electrons. The Balaban J connectivity index is 1.68. The van der Waals surface area contributed by atoms with Crippen LogP contribution in [0.3, 0.4) is 0 Å². The van der Waals surface area contributed by atoms with E-state index in [1.807, 2.05) is 30.3 Å². The number of carbonyl (C=O) groups is 1. The maximum Gasteiger partial charge on any atom is 0.248 e. The Hall–Kier alpha value is -3.42. The molecule has 0 fully saturated rings. The van der Waals surface area contributed by atoms with E-state index < -0.39 is 0 Å². The van der Waals surface area contributed by atoms with Crippen LogP contribution in [0.15, 0.2) is 48.5 Å². The van der Waals surface area contributed by atoms with Crippen molar-refractivity contribution in [3.05, 3.63) is 48.5 Å². The molecule has 3 rings (SSSR count). The number of hydrogen-bond donors (Lipinski definition) is 1. The molecular weight excluding hydrogens is 322 g/mol. The molecule has 25 heavy (non-hydrogen) atoms. The zero-order chi connectivity index (χ0) is 17.6. The number of anilines is 1. The summed E-state index contributed by atoms with van der Waals surface area (Å²) in [4.78, 5) is 13.5. The highest BCUT2D eigenvalue weighted by Gasteiger charge is 2.12. The lowest BCUT2D eigenvalue weighted by Gasteiger charge is -2.11. The van der Waals surface area contributed by atoms with Crippen LogP contribution in [-0.2, 0) is 11.3 Å². The molecule has 8 heteroatoms. The highest BCUT2D eigenvalue weighted by Crippen LogP contribution is 2.28. The van der Waals surface area contributed by atoms with E-state index in [9.17, 15) is 4.79 Å². The van der Waals surface area contributed by atoms with E-state index in [1.165, 1.54) is 11.9 Å². The van der Waals surface area contributed by atoms with Gasteiger partial charge in [-0.15, -0.1) is 10.2 Å². The van der Waals surface area contributed by atoms with Crippen molar-refractivity contribution in [1.82, 2.24) is 20.2 Å². The van der Waals surface area contributed by atoms with Crippen molar-refractivity contribution >= 4 is 11.6 Å². The van der Waals surface area contributed by atoms with Crippen molar-refractivity contribution in [2.24, 2.45) is 0 Å². The molecule has 0 aliphatic carbocycles. The van der Waals surface area contributed by atoms with Gasteiger partial charge in [0.05, 0.1) is 19.9 Å². The topological polar surface area (TPSA) is 91.2 Å². The van der Waals surface area contributed by atoms with Gasteiger partial charge < -0.3 is 14.8 Å². The number of nitrogens with one attached hydrogen (secondary N) is 1. The monoisotopic (exact) mass is 339 g/mol. The van der Waals surface area contributed by atoms with E-state index in [1.54, 1.807) is 25.3 Å². The summed E-state index contributed by atoms with van der Waals surface area (Å²) in [5.74, 6) is 1.32. The van der Waals surface area contributed by atoms with Crippen molar-refractivity contribution in [2.75, 3.05) is 19.5 Å². The van der Waals surface area contributed by atoms with Gasteiger partial charge in [-0.3, -0.25) is 4.79 Å². The largest absolute Gasteiger partial charge is 0.497 e. The van der Waals surface area contributed by atoms with Gasteiger partial charge in [-0.1, -0.05) is 30.3 Å². The minimum Gasteiger partial charge on any atom is -0.497 e. The maximum absolute atomic E-state index is 12.2. The molecule has 128 valence electrons. The molecule has 1 amide bonds. The number of nitrogens with zero attached hydrogens (tertiary/aromatic N) is 4. The van der Waals surface area contributed by atoms with E-state index in [4.69, 9.17) is 9.47 Å². The normalized spacial score (nSPS) is 10.3. The number of benzene rings is 2. The first-order valence-electron chi connectivity index (χ1n) is 7.54. The molecule has 0 saturated carbocycles. The Kier molecular flexibility index (Phi) is 4.89. The van der Waals surface area contributed by atoms with E-state index >= 15 is 0 Å². The van der Waals surface area contributed by atoms with Crippen LogP contribution in [0.25, 0.3) is 11.4 Å². The third-order valence-corrected chi connectivity index (χ3v) is 3.45. The first kappa shape index (κ1) is 16.4. The highest BCUT2D eigenvalue weighted by molar-refractivity contribution is 5.92. The Labute approximate surface area is 144 Å². The highest BCUT2D eigenvalue weighted by atomic mass is 16.5. The summed E-state index contributed by atoms with van der Waals surface area (Å²) < 4.78 is 10.4. The molecule has 1 heterocycles. The van der Waals surface area contributed by atoms with Crippen LogP contribution in [0.1, 0.15) is 0 Å². The number of ether oxygens (including phenoxy) is 2. The van der Waals surface area contributed by atoms with E-state index in [2.05, 4.69) is 20.7 Å². The Morgan fingerprint density at radius 1 is 1.12 bits per heavy atom. The molecule has 0 spiro atoms. The standard InChI is InChI=1S/C17H17N5O3/c1-24-13-8-9-14(15(10-13)25-2)18-16(23)11-22-20-17(19-21-22)12-6-4-3-5-7-12/h3-10H,11H2,1-2H3,(H,18,23). The van der Waals surface area contributed by atoms with Crippen molar-refractivity contribution in [1.29, 1.82) is 0 Å². The molecule has 2 aromatic carbocycles. The second-order valence-electron chi connectivity index (χ2n) is 5.12. The number of aromatic nitrogens is 4. The molecule has 1 N–H and O–H groups in total. The molecule has 0 atom stereocenters. The predicted molar refractivity (Wildman–Crippen MR) is 91.4 cm³/mol. The zero-order valence-corrected chi connectivity index (χ0v) is 13.8. The summed E-state index contributed by atoms with van der Waals surface area (Å²) in [5, 5.41) is 14.8. The average Bonchev–Trinajstić information content (AvgIpc) is 3.11. The Morgan fingerprint density at radius 3 is 2.64 bits per heavy atom.